The van der Waals surface area contributed by atoms with Crippen LogP contribution in [0, 0.1) is 0 Å². The summed E-state index contributed by atoms with van der Waals surface area (Å²) in [5.41, 5.74) is 3.36. The van der Waals surface area contributed by atoms with Gasteiger partial charge in [0.15, 0.2) is 0 Å². The number of benzene rings is 1. The van der Waals surface area contributed by atoms with E-state index in [0.717, 1.165) is 23.4 Å². The van der Waals surface area contributed by atoms with Crippen molar-refractivity contribution in [1.29, 1.82) is 0 Å². The lowest BCUT2D eigenvalue weighted by atomic mass is 10.1. The monoisotopic (exact) mass is 408 g/mol. The number of nitrogens with zero attached hydrogens (tertiary/aromatic N) is 2. The first-order valence-corrected chi connectivity index (χ1v) is 11.1. The van der Waals surface area contributed by atoms with Crippen LogP contribution in [0.1, 0.15) is 28.0 Å². The van der Waals surface area contributed by atoms with Crippen molar-refractivity contribution in [1.82, 2.24) is 15.2 Å². The highest BCUT2D eigenvalue weighted by Gasteiger charge is 2.38. The Balaban J connectivity index is 1.51. The third-order valence-corrected chi connectivity index (χ3v) is 5.80. The molecule has 1 fully saturated rings. The minimum atomic E-state index is 0.0131. The van der Waals surface area contributed by atoms with Crippen LogP contribution in [0.4, 0.5) is 5.69 Å². The zero-order chi connectivity index (χ0) is 20.2. The van der Waals surface area contributed by atoms with Crippen molar-refractivity contribution < 1.29 is 9.59 Å². The number of aromatic nitrogens is 1. The first-order valence-electron chi connectivity index (χ1n) is 9.70. The predicted molar refractivity (Wildman–Crippen MR) is 118 cm³/mol. The Kier molecular flexibility index (Phi) is 5.85. The van der Waals surface area contributed by atoms with Gasteiger partial charge in [-0.2, -0.15) is 11.8 Å². The van der Waals surface area contributed by atoms with Crippen LogP contribution in [0.25, 0.3) is 12.2 Å². The van der Waals surface area contributed by atoms with Gasteiger partial charge in [-0.1, -0.05) is 18.2 Å². The van der Waals surface area contributed by atoms with Gasteiger partial charge in [0, 0.05) is 31.0 Å². The van der Waals surface area contributed by atoms with Crippen molar-refractivity contribution in [3.63, 3.8) is 0 Å². The Morgan fingerprint density at radius 2 is 2.24 bits per heavy atom. The summed E-state index contributed by atoms with van der Waals surface area (Å²) in [4.78, 5) is 31.3. The molecule has 3 heterocycles. The molecule has 0 saturated carbocycles. The lowest BCUT2D eigenvalue weighted by Gasteiger charge is -2.21. The Hall–Kier alpha value is -2.80. The minimum Gasteiger partial charge on any atom is -0.382 e. The van der Waals surface area contributed by atoms with Crippen molar-refractivity contribution in [3.05, 3.63) is 59.4 Å². The molecule has 2 aromatic rings. The molecule has 29 heavy (non-hydrogen) atoms. The number of hydrogen-bond acceptors (Lipinski definition) is 5. The van der Waals surface area contributed by atoms with Gasteiger partial charge < -0.3 is 15.5 Å². The second-order valence-electron chi connectivity index (χ2n) is 7.32. The molecule has 1 aromatic heterocycles. The number of carbonyl (C=O) groups is 2. The van der Waals surface area contributed by atoms with Crippen LogP contribution >= 0.6 is 11.8 Å². The molecule has 2 atom stereocenters. The molecule has 150 valence electrons. The van der Waals surface area contributed by atoms with E-state index in [0.29, 0.717) is 24.4 Å². The van der Waals surface area contributed by atoms with Gasteiger partial charge in [0.1, 0.15) is 0 Å². The van der Waals surface area contributed by atoms with Gasteiger partial charge in [0.05, 0.1) is 23.1 Å². The van der Waals surface area contributed by atoms with Crippen molar-refractivity contribution >= 4 is 41.4 Å². The van der Waals surface area contributed by atoms with E-state index in [1.807, 2.05) is 59.7 Å². The molecule has 0 bridgehead atoms. The van der Waals surface area contributed by atoms with E-state index in [-0.39, 0.29) is 23.9 Å². The van der Waals surface area contributed by atoms with Crippen LogP contribution in [-0.2, 0) is 4.79 Å². The number of thioether (sulfide) groups is 1. The van der Waals surface area contributed by atoms with E-state index in [4.69, 9.17) is 0 Å². The quantitative estimate of drug-likeness (QED) is 0.796. The fourth-order valence-electron chi connectivity index (χ4n) is 3.90. The van der Waals surface area contributed by atoms with Crippen molar-refractivity contribution in [2.45, 2.75) is 18.5 Å². The molecule has 2 N–H and O–H groups in total. The van der Waals surface area contributed by atoms with E-state index >= 15 is 0 Å². The Morgan fingerprint density at radius 3 is 3.03 bits per heavy atom. The lowest BCUT2D eigenvalue weighted by Crippen LogP contribution is -2.40. The molecule has 7 heteroatoms. The summed E-state index contributed by atoms with van der Waals surface area (Å²) in [5.74, 6) is 0.495. The van der Waals surface area contributed by atoms with Crippen molar-refractivity contribution in [3.8, 4) is 0 Å². The number of anilines is 1. The van der Waals surface area contributed by atoms with Crippen molar-refractivity contribution in [2.24, 2.45) is 0 Å². The molecular weight excluding hydrogens is 384 g/mol. The van der Waals surface area contributed by atoms with Crippen LogP contribution in [0.3, 0.4) is 0 Å². The molecule has 0 radical (unpaired) electrons. The third-order valence-electron chi connectivity index (χ3n) is 5.25. The standard InChI is InChI=1S/C22H24N4O2S/c1-29-14-21(27)25-17-11-18-12-24-20-8-6-15(5-7-16-4-2-3-9-23-16)10-19(20)22(28)26(18)13-17/h2-10,17-18,24H,11-14H2,1H3,(H,25,27)/b7-5+/t17?,18-/m0/s1. The highest BCUT2D eigenvalue weighted by atomic mass is 32.2. The number of rotatable bonds is 5. The summed E-state index contributed by atoms with van der Waals surface area (Å²) >= 11 is 1.50. The van der Waals surface area contributed by atoms with Crippen LogP contribution < -0.4 is 10.6 Å². The first kappa shape index (κ1) is 19.5. The molecule has 6 nitrogen and oxygen atoms in total. The summed E-state index contributed by atoms with van der Waals surface area (Å²) in [6.07, 6.45) is 8.34. The van der Waals surface area contributed by atoms with Gasteiger partial charge in [-0.05, 0) is 48.6 Å². The molecule has 1 saturated heterocycles. The summed E-state index contributed by atoms with van der Waals surface area (Å²) in [5, 5.41) is 6.46. The molecule has 0 spiro atoms. The average Bonchev–Trinajstić information content (AvgIpc) is 3.08. The fraction of sp³-hybridized carbons (Fsp3) is 0.318. The van der Waals surface area contributed by atoms with Gasteiger partial charge in [0.25, 0.3) is 5.91 Å². The highest BCUT2D eigenvalue weighted by Crippen LogP contribution is 2.29. The zero-order valence-electron chi connectivity index (χ0n) is 16.3. The number of amides is 2. The smallest absolute Gasteiger partial charge is 0.256 e. The van der Waals surface area contributed by atoms with Gasteiger partial charge >= 0.3 is 0 Å². The molecule has 2 aliphatic rings. The molecule has 2 amide bonds. The van der Waals surface area contributed by atoms with Gasteiger partial charge in [-0.25, -0.2) is 0 Å². The molecule has 2 aliphatic heterocycles. The normalized spacial score (nSPS) is 20.7. The second-order valence-corrected chi connectivity index (χ2v) is 8.18. The van der Waals surface area contributed by atoms with Gasteiger partial charge in [0.2, 0.25) is 5.91 Å². The molecular formula is C22H24N4O2S. The number of carbonyl (C=O) groups excluding carboxylic acids is 2. The topological polar surface area (TPSA) is 74.3 Å². The number of hydrogen-bond donors (Lipinski definition) is 2. The summed E-state index contributed by atoms with van der Waals surface area (Å²) in [6.45, 7) is 1.25. The maximum atomic E-state index is 13.2. The first-order chi connectivity index (χ1) is 14.1. The van der Waals surface area contributed by atoms with E-state index < -0.39 is 0 Å². The fourth-order valence-corrected chi connectivity index (χ4v) is 4.24. The Morgan fingerprint density at radius 1 is 1.34 bits per heavy atom. The summed E-state index contributed by atoms with van der Waals surface area (Å²) in [7, 11) is 0. The SMILES string of the molecule is CSCC(=O)NC1C[C@H]2CNc3ccc(/C=C/c4ccccn4)cc3C(=O)N2C1. The van der Waals surface area contributed by atoms with E-state index in [2.05, 4.69) is 15.6 Å². The largest absolute Gasteiger partial charge is 0.382 e. The zero-order valence-corrected chi connectivity index (χ0v) is 17.1. The van der Waals surface area contributed by atoms with E-state index in [1.165, 1.54) is 11.8 Å². The van der Waals surface area contributed by atoms with Crippen LogP contribution in [0.5, 0.6) is 0 Å². The van der Waals surface area contributed by atoms with Gasteiger partial charge in [-0.3, -0.25) is 14.6 Å². The summed E-state index contributed by atoms with van der Waals surface area (Å²) in [6, 6.07) is 11.7. The lowest BCUT2D eigenvalue weighted by molar-refractivity contribution is -0.119. The summed E-state index contributed by atoms with van der Waals surface area (Å²) < 4.78 is 0. The van der Waals surface area contributed by atoms with E-state index in [1.54, 1.807) is 6.20 Å². The van der Waals surface area contributed by atoms with Crippen LogP contribution in [0.15, 0.2) is 42.6 Å². The Bertz CT molecular complexity index is 932. The Labute approximate surface area is 174 Å². The number of pyridine rings is 1. The number of nitrogens with one attached hydrogen (secondary N) is 2. The highest BCUT2D eigenvalue weighted by molar-refractivity contribution is 7.99. The molecule has 1 aromatic carbocycles. The molecule has 0 aliphatic carbocycles. The maximum absolute atomic E-state index is 13.2. The van der Waals surface area contributed by atoms with Gasteiger partial charge in [-0.15, -0.1) is 0 Å². The van der Waals surface area contributed by atoms with E-state index in [9.17, 15) is 9.59 Å². The van der Waals surface area contributed by atoms with Crippen molar-refractivity contribution in [2.75, 3.05) is 30.4 Å². The van der Waals surface area contributed by atoms with Crippen LogP contribution in [-0.4, -0.2) is 58.9 Å². The predicted octanol–water partition coefficient (Wildman–Crippen LogP) is 2.74. The maximum Gasteiger partial charge on any atom is 0.256 e. The van der Waals surface area contributed by atoms with Crippen LogP contribution in [0.2, 0.25) is 0 Å². The molecule has 4 rings (SSSR count). The second kappa shape index (κ2) is 8.69. The third kappa shape index (κ3) is 4.45. The molecule has 1 unspecified atom stereocenters. The average molecular weight is 409 g/mol. The minimum absolute atomic E-state index is 0.0131. The number of fused-ring (bicyclic) bond motifs is 2.